The van der Waals surface area contributed by atoms with Crippen LogP contribution in [0, 0.1) is 16.7 Å². The molecule has 90 valence electrons. The third kappa shape index (κ3) is 3.14. The van der Waals surface area contributed by atoms with Crippen LogP contribution in [0.4, 0.5) is 0 Å². The summed E-state index contributed by atoms with van der Waals surface area (Å²) in [6.45, 7) is 3.43. The Morgan fingerprint density at radius 1 is 1.65 bits per heavy atom. The SMILES string of the molecule is CC(C)(CC#N)C(C(=O)O)c1cc(Cl)ncn1. The molecule has 0 spiro atoms. The van der Waals surface area contributed by atoms with Crippen LogP contribution in [0.25, 0.3) is 0 Å². The second-order valence-corrected chi connectivity index (χ2v) is 4.75. The minimum Gasteiger partial charge on any atom is -0.481 e. The first-order valence-electron chi connectivity index (χ1n) is 4.95. The summed E-state index contributed by atoms with van der Waals surface area (Å²) in [5.74, 6) is -1.91. The van der Waals surface area contributed by atoms with Crippen LogP contribution in [0.3, 0.4) is 0 Å². The fourth-order valence-electron chi connectivity index (χ4n) is 1.67. The van der Waals surface area contributed by atoms with E-state index >= 15 is 0 Å². The highest BCUT2D eigenvalue weighted by atomic mass is 35.5. The molecule has 0 aliphatic rings. The lowest BCUT2D eigenvalue weighted by atomic mass is 9.75. The molecule has 6 heteroatoms. The van der Waals surface area contributed by atoms with Crippen molar-refractivity contribution in [3.8, 4) is 6.07 Å². The molecule has 1 unspecified atom stereocenters. The summed E-state index contributed by atoms with van der Waals surface area (Å²) in [4.78, 5) is 18.9. The number of aromatic nitrogens is 2. The summed E-state index contributed by atoms with van der Waals surface area (Å²) in [7, 11) is 0. The normalized spacial score (nSPS) is 12.8. The summed E-state index contributed by atoms with van der Waals surface area (Å²) in [6.07, 6.45) is 1.33. The molecular formula is C11H12ClN3O2. The summed E-state index contributed by atoms with van der Waals surface area (Å²) < 4.78 is 0. The quantitative estimate of drug-likeness (QED) is 0.832. The smallest absolute Gasteiger partial charge is 0.313 e. The fraction of sp³-hybridized carbons (Fsp3) is 0.455. The molecule has 0 fully saturated rings. The molecular weight excluding hydrogens is 242 g/mol. The van der Waals surface area contributed by atoms with Gasteiger partial charge in [0.15, 0.2) is 0 Å². The standard InChI is InChI=1S/C11H12ClN3O2/c1-11(2,3-4-13)9(10(16)17)7-5-8(12)15-6-14-7/h5-6,9H,3H2,1-2H3,(H,16,17). The first-order valence-corrected chi connectivity index (χ1v) is 5.33. The monoisotopic (exact) mass is 253 g/mol. The maximum atomic E-state index is 11.3. The van der Waals surface area contributed by atoms with Gasteiger partial charge in [-0.1, -0.05) is 25.4 Å². The lowest BCUT2D eigenvalue weighted by Crippen LogP contribution is -2.29. The number of carbonyl (C=O) groups is 1. The molecule has 0 bridgehead atoms. The predicted molar refractivity (Wildman–Crippen MR) is 61.4 cm³/mol. The largest absolute Gasteiger partial charge is 0.481 e. The van der Waals surface area contributed by atoms with Crippen molar-refractivity contribution in [3.63, 3.8) is 0 Å². The van der Waals surface area contributed by atoms with Gasteiger partial charge in [-0.3, -0.25) is 4.79 Å². The maximum Gasteiger partial charge on any atom is 0.313 e. The molecule has 1 aromatic rings. The molecule has 0 aliphatic carbocycles. The van der Waals surface area contributed by atoms with Crippen molar-refractivity contribution in [1.29, 1.82) is 5.26 Å². The molecule has 17 heavy (non-hydrogen) atoms. The number of rotatable bonds is 4. The molecule has 0 radical (unpaired) electrons. The number of halogens is 1. The molecule has 1 N–H and O–H groups in total. The fourth-order valence-corrected chi connectivity index (χ4v) is 1.83. The highest BCUT2D eigenvalue weighted by Gasteiger charge is 2.37. The Hall–Kier alpha value is -1.67. The number of hydrogen-bond acceptors (Lipinski definition) is 4. The maximum absolute atomic E-state index is 11.3. The first kappa shape index (κ1) is 13.4. The number of nitrogens with zero attached hydrogens (tertiary/aromatic N) is 3. The summed E-state index contributed by atoms with van der Waals surface area (Å²) >= 11 is 5.71. The van der Waals surface area contributed by atoms with Crippen molar-refractivity contribution in [3.05, 3.63) is 23.2 Å². The van der Waals surface area contributed by atoms with Gasteiger partial charge in [-0.05, 0) is 11.5 Å². The second kappa shape index (κ2) is 5.11. The van der Waals surface area contributed by atoms with E-state index in [4.69, 9.17) is 16.9 Å². The summed E-state index contributed by atoms with van der Waals surface area (Å²) in [5.41, 5.74) is -0.407. The Bertz CT molecular complexity index is 468. The van der Waals surface area contributed by atoms with Crippen LogP contribution in [-0.2, 0) is 4.79 Å². The molecule has 0 saturated heterocycles. The van der Waals surface area contributed by atoms with E-state index in [0.717, 1.165) is 0 Å². The van der Waals surface area contributed by atoms with Crippen LogP contribution in [0.5, 0.6) is 0 Å². The van der Waals surface area contributed by atoms with Crippen molar-refractivity contribution in [2.45, 2.75) is 26.2 Å². The number of nitriles is 1. The van der Waals surface area contributed by atoms with Gasteiger partial charge >= 0.3 is 5.97 Å². The van der Waals surface area contributed by atoms with Crippen LogP contribution in [0.2, 0.25) is 5.15 Å². The average molecular weight is 254 g/mol. The average Bonchev–Trinajstić information content (AvgIpc) is 2.15. The van der Waals surface area contributed by atoms with Gasteiger partial charge in [0.05, 0.1) is 11.8 Å². The Labute approximate surface area is 104 Å². The van der Waals surface area contributed by atoms with Gasteiger partial charge in [0.1, 0.15) is 17.4 Å². The van der Waals surface area contributed by atoms with Gasteiger partial charge in [0.2, 0.25) is 0 Å². The highest BCUT2D eigenvalue weighted by Crippen LogP contribution is 2.37. The van der Waals surface area contributed by atoms with Gasteiger partial charge in [-0.25, -0.2) is 9.97 Å². The molecule has 0 aliphatic heterocycles. The minimum atomic E-state index is -1.03. The van der Waals surface area contributed by atoms with Gasteiger partial charge in [0, 0.05) is 6.42 Å². The van der Waals surface area contributed by atoms with Crippen molar-refractivity contribution >= 4 is 17.6 Å². The first-order chi connectivity index (χ1) is 7.88. The lowest BCUT2D eigenvalue weighted by molar-refractivity contribution is -0.141. The van der Waals surface area contributed by atoms with Crippen molar-refractivity contribution in [2.24, 2.45) is 5.41 Å². The third-order valence-corrected chi connectivity index (χ3v) is 2.72. The summed E-state index contributed by atoms with van der Waals surface area (Å²) in [5, 5.41) is 18.2. The zero-order valence-electron chi connectivity index (χ0n) is 9.51. The minimum absolute atomic E-state index is 0.117. The van der Waals surface area contributed by atoms with Crippen LogP contribution < -0.4 is 0 Å². The number of aliphatic carboxylic acids is 1. The molecule has 5 nitrogen and oxygen atoms in total. The van der Waals surface area contributed by atoms with Gasteiger partial charge < -0.3 is 5.11 Å². The molecule has 1 aromatic heterocycles. The zero-order chi connectivity index (χ0) is 13.1. The van der Waals surface area contributed by atoms with Crippen LogP contribution >= 0.6 is 11.6 Å². The van der Waals surface area contributed by atoms with E-state index in [-0.39, 0.29) is 11.6 Å². The van der Waals surface area contributed by atoms with Crippen LogP contribution in [-0.4, -0.2) is 21.0 Å². The Balaban J connectivity index is 3.19. The molecule has 0 amide bonds. The lowest BCUT2D eigenvalue weighted by Gasteiger charge is -2.28. The van der Waals surface area contributed by atoms with E-state index in [1.54, 1.807) is 13.8 Å². The summed E-state index contributed by atoms with van der Waals surface area (Å²) in [6, 6.07) is 3.40. The third-order valence-electron chi connectivity index (χ3n) is 2.51. The number of hydrogen-bond donors (Lipinski definition) is 1. The van der Waals surface area contributed by atoms with E-state index < -0.39 is 17.3 Å². The van der Waals surface area contributed by atoms with Gasteiger partial charge in [-0.2, -0.15) is 5.26 Å². The topological polar surface area (TPSA) is 86.9 Å². The van der Waals surface area contributed by atoms with Crippen LogP contribution in [0.1, 0.15) is 31.9 Å². The molecule has 0 saturated carbocycles. The van der Waals surface area contributed by atoms with E-state index in [2.05, 4.69) is 9.97 Å². The van der Waals surface area contributed by atoms with E-state index in [1.165, 1.54) is 12.4 Å². The second-order valence-electron chi connectivity index (χ2n) is 4.36. The van der Waals surface area contributed by atoms with Gasteiger partial charge in [-0.15, -0.1) is 0 Å². The molecule has 1 atom stereocenters. The predicted octanol–water partition coefficient (Wildman–Crippen LogP) is 2.24. The molecule has 0 aromatic carbocycles. The van der Waals surface area contributed by atoms with E-state index in [0.29, 0.717) is 5.69 Å². The molecule has 1 heterocycles. The van der Waals surface area contributed by atoms with Crippen LogP contribution in [0.15, 0.2) is 12.4 Å². The van der Waals surface area contributed by atoms with Crippen molar-refractivity contribution in [2.75, 3.05) is 0 Å². The van der Waals surface area contributed by atoms with E-state index in [9.17, 15) is 9.90 Å². The van der Waals surface area contributed by atoms with Gasteiger partial charge in [0.25, 0.3) is 0 Å². The van der Waals surface area contributed by atoms with Crippen molar-refractivity contribution < 1.29 is 9.90 Å². The number of carboxylic acids is 1. The Kier molecular flexibility index (Phi) is 4.02. The molecule has 1 rings (SSSR count). The van der Waals surface area contributed by atoms with E-state index in [1.807, 2.05) is 6.07 Å². The number of carboxylic acid groups (broad SMARTS) is 1. The highest BCUT2D eigenvalue weighted by molar-refractivity contribution is 6.29. The Morgan fingerprint density at radius 2 is 2.29 bits per heavy atom. The Morgan fingerprint density at radius 3 is 2.76 bits per heavy atom. The zero-order valence-corrected chi connectivity index (χ0v) is 10.3. The van der Waals surface area contributed by atoms with Crippen molar-refractivity contribution in [1.82, 2.24) is 9.97 Å².